The second-order valence-electron chi connectivity index (χ2n) is 7.86. The fourth-order valence-electron chi connectivity index (χ4n) is 4.09. The molecule has 3 nitrogen and oxygen atoms in total. The van der Waals surface area contributed by atoms with E-state index in [0.717, 1.165) is 5.56 Å². The summed E-state index contributed by atoms with van der Waals surface area (Å²) in [5.74, 6) is 0. The Labute approximate surface area is 149 Å². The Morgan fingerprint density at radius 1 is 0.833 bits per heavy atom. The zero-order chi connectivity index (χ0) is 18.3. The summed E-state index contributed by atoms with van der Waals surface area (Å²) in [5.41, 5.74) is 2.59. The third-order valence-corrected chi connectivity index (χ3v) is 11.2. The number of aliphatic hydroxyl groups is 2. The molecular formula is C20H36O3Si. The standard InChI is InChI=1S/C20H36O3Si/c1-15(2)24(16(3)4,17(5)6)23-14-20(22)13-19(21)12-18-10-8-7-9-11-18/h7-11,15-17,19-22H,12-14H2,1-6H3/t19-,20+/m1/s1. The van der Waals surface area contributed by atoms with Gasteiger partial charge in [0, 0.05) is 6.42 Å². The summed E-state index contributed by atoms with van der Waals surface area (Å²) in [6, 6.07) is 9.90. The van der Waals surface area contributed by atoms with Crippen LogP contribution >= 0.6 is 0 Å². The minimum absolute atomic E-state index is 0.326. The Morgan fingerprint density at radius 3 is 1.79 bits per heavy atom. The van der Waals surface area contributed by atoms with Gasteiger partial charge in [0.05, 0.1) is 18.8 Å². The maximum Gasteiger partial charge on any atom is 0.200 e. The van der Waals surface area contributed by atoms with Gasteiger partial charge < -0.3 is 14.6 Å². The maximum absolute atomic E-state index is 10.3. The highest BCUT2D eigenvalue weighted by Gasteiger charge is 2.45. The van der Waals surface area contributed by atoms with Crippen molar-refractivity contribution in [3.63, 3.8) is 0 Å². The van der Waals surface area contributed by atoms with E-state index in [1.165, 1.54) is 0 Å². The molecule has 0 aliphatic rings. The molecule has 0 radical (unpaired) electrons. The van der Waals surface area contributed by atoms with E-state index < -0.39 is 20.5 Å². The minimum atomic E-state index is -1.96. The highest BCUT2D eigenvalue weighted by molar-refractivity contribution is 6.77. The predicted octanol–water partition coefficient (Wildman–Crippen LogP) is 4.53. The molecule has 4 heteroatoms. The molecule has 0 unspecified atom stereocenters. The van der Waals surface area contributed by atoms with Crippen LogP contribution in [0.25, 0.3) is 0 Å². The molecule has 0 fully saturated rings. The third-order valence-electron chi connectivity index (χ3n) is 5.09. The number of aliphatic hydroxyl groups excluding tert-OH is 2. The van der Waals surface area contributed by atoms with E-state index in [1.54, 1.807) is 0 Å². The Kier molecular flexibility index (Phi) is 8.64. The van der Waals surface area contributed by atoms with Gasteiger partial charge in [-0.25, -0.2) is 0 Å². The van der Waals surface area contributed by atoms with Gasteiger partial charge in [-0.05, 0) is 28.6 Å². The molecule has 1 aromatic carbocycles. The van der Waals surface area contributed by atoms with E-state index in [0.29, 0.717) is 36.1 Å². The van der Waals surface area contributed by atoms with Crippen LogP contribution < -0.4 is 0 Å². The Bertz CT molecular complexity index is 437. The summed E-state index contributed by atoms with van der Waals surface area (Å²) < 4.78 is 6.40. The number of benzene rings is 1. The first-order chi connectivity index (χ1) is 11.2. The van der Waals surface area contributed by atoms with Crippen LogP contribution in [0.3, 0.4) is 0 Å². The lowest BCUT2D eigenvalue weighted by molar-refractivity contribution is 0.0441. The van der Waals surface area contributed by atoms with Crippen LogP contribution in [0.1, 0.15) is 53.5 Å². The zero-order valence-electron chi connectivity index (χ0n) is 16.2. The smallest absolute Gasteiger partial charge is 0.200 e. The lowest BCUT2D eigenvalue weighted by Crippen LogP contribution is -2.49. The van der Waals surface area contributed by atoms with Crippen LogP contribution in [0.5, 0.6) is 0 Å². The Balaban J connectivity index is 2.58. The van der Waals surface area contributed by atoms with Crippen LogP contribution in [-0.2, 0) is 10.8 Å². The molecule has 24 heavy (non-hydrogen) atoms. The van der Waals surface area contributed by atoms with Crippen molar-refractivity contribution in [1.82, 2.24) is 0 Å². The van der Waals surface area contributed by atoms with Gasteiger partial charge in [0.2, 0.25) is 0 Å². The van der Waals surface area contributed by atoms with E-state index in [2.05, 4.69) is 41.5 Å². The summed E-state index contributed by atoms with van der Waals surface area (Å²) >= 11 is 0. The summed E-state index contributed by atoms with van der Waals surface area (Å²) in [4.78, 5) is 0. The predicted molar refractivity (Wildman–Crippen MR) is 104 cm³/mol. The average molecular weight is 353 g/mol. The molecule has 1 rings (SSSR count). The Morgan fingerprint density at radius 2 is 1.33 bits per heavy atom. The first-order valence-electron chi connectivity index (χ1n) is 9.24. The molecule has 0 aromatic heterocycles. The van der Waals surface area contributed by atoms with Crippen molar-refractivity contribution in [2.24, 2.45) is 0 Å². The molecule has 0 amide bonds. The van der Waals surface area contributed by atoms with Crippen LogP contribution in [0.2, 0.25) is 16.6 Å². The summed E-state index contributed by atoms with van der Waals surface area (Å²) in [5, 5.41) is 20.6. The van der Waals surface area contributed by atoms with Crippen molar-refractivity contribution >= 4 is 8.32 Å². The van der Waals surface area contributed by atoms with E-state index >= 15 is 0 Å². The van der Waals surface area contributed by atoms with Gasteiger partial charge in [0.15, 0.2) is 8.32 Å². The van der Waals surface area contributed by atoms with E-state index in [1.807, 2.05) is 30.3 Å². The SMILES string of the molecule is CC(C)[Si](OC[C@@H](O)C[C@H](O)Cc1ccccc1)(C(C)C)C(C)C. The summed E-state index contributed by atoms with van der Waals surface area (Å²) in [7, 11) is -1.96. The summed E-state index contributed by atoms with van der Waals surface area (Å²) in [6.07, 6.45) is -0.238. The zero-order valence-corrected chi connectivity index (χ0v) is 17.2. The molecule has 0 aliphatic heterocycles. The molecule has 138 valence electrons. The van der Waals surface area contributed by atoms with Gasteiger partial charge in [-0.3, -0.25) is 0 Å². The first-order valence-corrected chi connectivity index (χ1v) is 11.4. The van der Waals surface area contributed by atoms with Crippen LogP contribution in [0.15, 0.2) is 30.3 Å². The lowest BCUT2D eigenvalue weighted by Gasteiger charge is -2.42. The van der Waals surface area contributed by atoms with Crippen molar-refractivity contribution in [1.29, 1.82) is 0 Å². The molecule has 0 aliphatic carbocycles. The topological polar surface area (TPSA) is 49.7 Å². The highest BCUT2D eigenvalue weighted by atomic mass is 28.4. The molecular weight excluding hydrogens is 316 g/mol. The fraction of sp³-hybridized carbons (Fsp3) is 0.700. The van der Waals surface area contributed by atoms with Crippen LogP contribution in [0.4, 0.5) is 0 Å². The van der Waals surface area contributed by atoms with E-state index in [4.69, 9.17) is 4.43 Å². The first kappa shape index (κ1) is 21.4. The van der Waals surface area contributed by atoms with Crippen LogP contribution in [-0.4, -0.2) is 37.3 Å². The molecule has 0 saturated heterocycles. The third kappa shape index (κ3) is 5.69. The highest BCUT2D eigenvalue weighted by Crippen LogP contribution is 2.42. The second-order valence-corrected chi connectivity index (χ2v) is 13.3. The van der Waals surface area contributed by atoms with Gasteiger partial charge in [-0.1, -0.05) is 71.9 Å². The van der Waals surface area contributed by atoms with Gasteiger partial charge in [-0.2, -0.15) is 0 Å². The van der Waals surface area contributed by atoms with E-state index in [9.17, 15) is 10.2 Å². The lowest BCUT2D eigenvalue weighted by atomic mass is 10.0. The quantitative estimate of drug-likeness (QED) is 0.608. The molecule has 1 aromatic rings. The van der Waals surface area contributed by atoms with Crippen molar-refractivity contribution in [2.75, 3.05) is 6.61 Å². The molecule has 0 bridgehead atoms. The van der Waals surface area contributed by atoms with Crippen molar-refractivity contribution < 1.29 is 14.6 Å². The average Bonchev–Trinajstić information content (AvgIpc) is 2.47. The number of hydrogen-bond donors (Lipinski definition) is 2. The Hall–Kier alpha value is -0.683. The van der Waals surface area contributed by atoms with E-state index in [-0.39, 0.29) is 0 Å². The van der Waals surface area contributed by atoms with Gasteiger partial charge in [0.1, 0.15) is 0 Å². The number of rotatable bonds is 10. The molecule has 2 atom stereocenters. The monoisotopic (exact) mass is 352 g/mol. The normalized spacial score (nSPS) is 15.3. The second kappa shape index (κ2) is 9.71. The van der Waals surface area contributed by atoms with Gasteiger partial charge >= 0.3 is 0 Å². The number of hydrogen-bond acceptors (Lipinski definition) is 3. The van der Waals surface area contributed by atoms with Gasteiger partial charge in [-0.15, -0.1) is 0 Å². The minimum Gasteiger partial charge on any atom is -0.413 e. The molecule has 0 spiro atoms. The van der Waals surface area contributed by atoms with Crippen molar-refractivity contribution in [2.45, 2.75) is 83.2 Å². The van der Waals surface area contributed by atoms with Crippen molar-refractivity contribution in [3.8, 4) is 0 Å². The fourth-order valence-corrected chi connectivity index (χ4v) is 9.57. The van der Waals surface area contributed by atoms with Gasteiger partial charge in [0.25, 0.3) is 0 Å². The van der Waals surface area contributed by atoms with Crippen LogP contribution in [0, 0.1) is 0 Å². The summed E-state index contributed by atoms with van der Waals surface area (Å²) in [6.45, 7) is 13.8. The molecule has 0 heterocycles. The molecule has 2 N–H and O–H groups in total. The molecule has 0 saturated carbocycles. The van der Waals surface area contributed by atoms with Crippen molar-refractivity contribution in [3.05, 3.63) is 35.9 Å². The largest absolute Gasteiger partial charge is 0.413 e. The maximum atomic E-state index is 10.3.